The van der Waals surface area contributed by atoms with E-state index in [-0.39, 0.29) is 12.2 Å². The summed E-state index contributed by atoms with van der Waals surface area (Å²) in [5, 5.41) is 1.00. The van der Waals surface area contributed by atoms with E-state index in [0.717, 1.165) is 27.6 Å². The molecule has 6 nitrogen and oxygen atoms in total. The molecule has 0 saturated heterocycles. The maximum atomic E-state index is 14.1. The number of ether oxygens (including phenoxy) is 1. The molecule has 0 fully saturated rings. The van der Waals surface area contributed by atoms with Crippen LogP contribution in [-0.2, 0) is 16.1 Å². The monoisotopic (exact) mass is 543 g/mol. The molecule has 0 aliphatic carbocycles. The highest BCUT2D eigenvalue weighted by Gasteiger charge is 2.35. The lowest BCUT2D eigenvalue weighted by Crippen LogP contribution is -2.39. The maximum absolute atomic E-state index is 14.1. The molecule has 5 aromatic rings. The van der Waals surface area contributed by atoms with Gasteiger partial charge in [0, 0.05) is 28.2 Å². The lowest BCUT2D eigenvalue weighted by Gasteiger charge is -2.25. The Kier molecular flexibility index (Phi) is 6.77. The van der Waals surface area contributed by atoms with Gasteiger partial charge in [-0.05, 0) is 24.6 Å². The molecule has 0 saturated carbocycles. The van der Waals surface area contributed by atoms with Crippen LogP contribution in [-0.4, -0.2) is 21.7 Å². The number of fused-ring (bicyclic) bond motifs is 2. The molecule has 3 aromatic carbocycles. The summed E-state index contributed by atoms with van der Waals surface area (Å²) in [6.45, 7) is 2.40. The Hall–Kier alpha value is -4.93. The molecule has 0 spiro atoms. The van der Waals surface area contributed by atoms with Crippen molar-refractivity contribution in [2.45, 2.75) is 19.5 Å². The van der Waals surface area contributed by atoms with Crippen LogP contribution in [0.5, 0.6) is 0 Å². The minimum Gasteiger partial charge on any atom is -0.463 e. The highest BCUT2D eigenvalue weighted by atomic mass is 32.1. The standard InChI is InChI=1S/C33H25N3O3S/c1-3-19-35-21-24(25-17-11-12-18-26(25)35)20-27-31(37)36-30(23-15-9-6-10-16-23)28(32(38)39-4-2)29(34-33(36)40-27)22-13-7-5-8-14-22/h1,5-18,20-21,30H,4,19H2,2H3/b27-20-/t30-/m1/s1. The third-order valence-corrected chi connectivity index (χ3v) is 7.84. The molecule has 1 atom stereocenters. The highest BCUT2D eigenvalue weighted by Crippen LogP contribution is 2.35. The van der Waals surface area contributed by atoms with Crippen molar-refractivity contribution >= 4 is 40.0 Å². The first-order chi connectivity index (χ1) is 19.6. The molecule has 196 valence electrons. The lowest BCUT2D eigenvalue weighted by atomic mass is 9.93. The SMILES string of the molecule is C#CCn1cc(/C=c2\sc3n(c2=O)[C@H](c2ccccc2)C(C(=O)OCC)=C(c2ccccc2)N=3)c2ccccc21. The number of terminal acetylenes is 1. The fourth-order valence-electron chi connectivity index (χ4n) is 5.15. The van der Waals surface area contributed by atoms with Gasteiger partial charge in [0.05, 0.1) is 35.0 Å². The first-order valence-electron chi connectivity index (χ1n) is 13.0. The highest BCUT2D eigenvalue weighted by molar-refractivity contribution is 7.07. The molecule has 0 amide bonds. The van der Waals surface area contributed by atoms with Crippen LogP contribution in [0.2, 0.25) is 0 Å². The fourth-order valence-corrected chi connectivity index (χ4v) is 6.14. The van der Waals surface area contributed by atoms with Gasteiger partial charge in [-0.1, -0.05) is 96.1 Å². The van der Waals surface area contributed by atoms with Crippen LogP contribution in [0.4, 0.5) is 0 Å². The van der Waals surface area contributed by atoms with Crippen LogP contribution in [0.25, 0.3) is 22.7 Å². The van der Waals surface area contributed by atoms with Crippen molar-refractivity contribution in [2.75, 3.05) is 6.61 Å². The number of carbonyl (C=O) groups excluding carboxylic acids is 1. The molecular weight excluding hydrogens is 518 g/mol. The molecule has 6 rings (SSSR count). The van der Waals surface area contributed by atoms with Crippen molar-refractivity contribution in [3.8, 4) is 12.3 Å². The van der Waals surface area contributed by atoms with Crippen LogP contribution in [0.1, 0.15) is 29.7 Å². The van der Waals surface area contributed by atoms with Crippen molar-refractivity contribution in [3.63, 3.8) is 0 Å². The van der Waals surface area contributed by atoms with E-state index >= 15 is 0 Å². The predicted molar refractivity (Wildman–Crippen MR) is 158 cm³/mol. The zero-order valence-electron chi connectivity index (χ0n) is 21.8. The Morgan fingerprint density at radius 3 is 2.48 bits per heavy atom. The normalized spacial score (nSPS) is 15.0. The van der Waals surface area contributed by atoms with Gasteiger partial charge in [0.15, 0.2) is 4.80 Å². The number of thiazole rings is 1. The smallest absolute Gasteiger partial charge is 0.338 e. The number of hydrogen-bond acceptors (Lipinski definition) is 5. The van der Waals surface area contributed by atoms with E-state index in [4.69, 9.17) is 16.2 Å². The van der Waals surface area contributed by atoms with Crippen LogP contribution < -0.4 is 14.9 Å². The van der Waals surface area contributed by atoms with Crippen molar-refractivity contribution in [2.24, 2.45) is 4.99 Å². The summed E-state index contributed by atoms with van der Waals surface area (Å²) in [6, 6.07) is 26.4. The van der Waals surface area contributed by atoms with Crippen molar-refractivity contribution in [1.29, 1.82) is 0 Å². The molecular formula is C33H25N3O3S. The maximum Gasteiger partial charge on any atom is 0.338 e. The number of para-hydroxylation sites is 1. The van der Waals surface area contributed by atoms with Crippen LogP contribution in [0, 0.1) is 12.3 Å². The van der Waals surface area contributed by atoms with E-state index in [1.165, 1.54) is 11.3 Å². The number of rotatable bonds is 6. The predicted octanol–water partition coefficient (Wildman–Crippen LogP) is 4.52. The van der Waals surface area contributed by atoms with E-state index in [0.29, 0.717) is 27.1 Å². The average Bonchev–Trinajstić information content (AvgIpc) is 3.50. The topological polar surface area (TPSA) is 65.6 Å². The van der Waals surface area contributed by atoms with E-state index in [9.17, 15) is 9.59 Å². The van der Waals surface area contributed by atoms with Gasteiger partial charge < -0.3 is 9.30 Å². The minimum atomic E-state index is -0.698. The second-order valence-corrected chi connectivity index (χ2v) is 10.3. The van der Waals surface area contributed by atoms with E-state index in [1.807, 2.05) is 102 Å². The summed E-state index contributed by atoms with van der Waals surface area (Å²) in [4.78, 5) is 33.0. The van der Waals surface area contributed by atoms with E-state index in [2.05, 4.69) is 5.92 Å². The summed E-state index contributed by atoms with van der Waals surface area (Å²) in [6.07, 6.45) is 9.46. The molecule has 1 aliphatic rings. The van der Waals surface area contributed by atoms with Crippen molar-refractivity contribution < 1.29 is 9.53 Å². The molecule has 0 bridgehead atoms. The van der Waals surface area contributed by atoms with E-state index < -0.39 is 12.0 Å². The van der Waals surface area contributed by atoms with Crippen LogP contribution >= 0.6 is 11.3 Å². The second kappa shape index (κ2) is 10.7. The Labute approximate surface area is 234 Å². The summed E-state index contributed by atoms with van der Waals surface area (Å²) in [5.74, 6) is 2.20. The van der Waals surface area contributed by atoms with Gasteiger partial charge in [-0.3, -0.25) is 9.36 Å². The van der Waals surface area contributed by atoms with Crippen molar-refractivity contribution in [1.82, 2.24) is 9.13 Å². The third-order valence-electron chi connectivity index (χ3n) is 6.86. The Balaban J connectivity index is 1.64. The summed E-state index contributed by atoms with van der Waals surface area (Å²) in [7, 11) is 0. The minimum absolute atomic E-state index is 0.206. The number of carbonyl (C=O) groups is 1. The third kappa shape index (κ3) is 4.39. The molecule has 1 aliphatic heterocycles. The number of hydrogen-bond donors (Lipinski definition) is 0. The van der Waals surface area contributed by atoms with Gasteiger partial charge in [-0.15, -0.1) is 6.42 Å². The Bertz CT molecular complexity index is 1990. The number of benzene rings is 3. The molecule has 40 heavy (non-hydrogen) atoms. The molecule has 7 heteroatoms. The van der Waals surface area contributed by atoms with E-state index in [1.54, 1.807) is 11.5 Å². The van der Waals surface area contributed by atoms with Gasteiger partial charge in [0.1, 0.15) is 0 Å². The van der Waals surface area contributed by atoms with Crippen molar-refractivity contribution in [3.05, 3.63) is 133 Å². The number of nitrogens with zero attached hydrogens (tertiary/aromatic N) is 3. The summed E-state index contributed by atoms with van der Waals surface area (Å²) < 4.78 is 9.65. The molecule has 0 unspecified atom stereocenters. The number of aromatic nitrogens is 2. The van der Waals surface area contributed by atoms with Gasteiger partial charge >= 0.3 is 5.97 Å². The van der Waals surface area contributed by atoms with Gasteiger partial charge in [-0.2, -0.15) is 0 Å². The Morgan fingerprint density at radius 1 is 1.05 bits per heavy atom. The quantitative estimate of drug-likeness (QED) is 0.234. The first-order valence-corrected chi connectivity index (χ1v) is 13.8. The molecule has 2 aromatic heterocycles. The molecule has 0 N–H and O–H groups in total. The first kappa shape index (κ1) is 25.4. The largest absolute Gasteiger partial charge is 0.463 e. The van der Waals surface area contributed by atoms with Gasteiger partial charge in [-0.25, -0.2) is 9.79 Å². The summed E-state index contributed by atoms with van der Waals surface area (Å²) >= 11 is 1.30. The molecule has 0 radical (unpaired) electrons. The average molecular weight is 544 g/mol. The Morgan fingerprint density at radius 2 is 1.75 bits per heavy atom. The van der Waals surface area contributed by atoms with Gasteiger partial charge in [0.2, 0.25) is 0 Å². The molecule has 3 heterocycles. The zero-order chi connectivity index (χ0) is 27.6. The fraction of sp³-hybridized carbons (Fsp3) is 0.121. The van der Waals surface area contributed by atoms with Crippen LogP contribution in [0.15, 0.2) is 106 Å². The summed E-state index contributed by atoms with van der Waals surface area (Å²) in [5.41, 5.74) is 4.09. The van der Waals surface area contributed by atoms with Crippen LogP contribution in [0.3, 0.4) is 0 Å². The second-order valence-electron chi connectivity index (χ2n) is 9.28. The lowest BCUT2D eigenvalue weighted by molar-refractivity contribution is -0.138. The zero-order valence-corrected chi connectivity index (χ0v) is 22.6. The number of esters is 1. The van der Waals surface area contributed by atoms with Gasteiger partial charge in [0.25, 0.3) is 5.56 Å².